The van der Waals surface area contributed by atoms with Crippen LogP contribution in [-0.4, -0.2) is 55.2 Å². The number of anilines is 2. The zero-order valence-corrected chi connectivity index (χ0v) is 18.8. The fourth-order valence-electron chi connectivity index (χ4n) is 4.94. The highest BCUT2D eigenvalue weighted by Crippen LogP contribution is 2.43. The molecule has 1 amide bonds. The lowest BCUT2D eigenvalue weighted by Crippen LogP contribution is -2.44. The van der Waals surface area contributed by atoms with E-state index in [0.29, 0.717) is 18.0 Å². The molecule has 1 aliphatic heterocycles. The number of aromatic nitrogens is 1. The molecule has 32 heavy (non-hydrogen) atoms. The second-order valence-electron chi connectivity index (χ2n) is 8.72. The van der Waals surface area contributed by atoms with Gasteiger partial charge in [0.05, 0.1) is 22.1 Å². The zero-order chi connectivity index (χ0) is 22.3. The number of carbonyl (C=O) groups excluding carboxylic acids is 1. The first-order valence-corrected chi connectivity index (χ1v) is 11.7. The standard InChI is InChI=1S/C24H26N4O3S/c1-27(22(31)24(15-21(29)30)13-16-4-2-3-5-17(16)14-24)23-26-19-7-6-18(12-20(19)32-23)28-10-8-25-9-11-28/h2-7,12,25H,8-11,13-15H2,1H3,(H,29,30). The molecule has 0 spiro atoms. The highest BCUT2D eigenvalue weighted by Gasteiger charge is 2.47. The van der Waals surface area contributed by atoms with Crippen LogP contribution < -0.4 is 15.1 Å². The molecule has 1 aromatic heterocycles. The molecule has 2 N–H and O–H groups in total. The number of amides is 1. The van der Waals surface area contributed by atoms with Crippen LogP contribution in [0.2, 0.25) is 0 Å². The van der Waals surface area contributed by atoms with Crippen molar-refractivity contribution < 1.29 is 14.7 Å². The fourth-order valence-corrected chi connectivity index (χ4v) is 5.90. The lowest BCUT2D eigenvalue weighted by atomic mass is 9.80. The van der Waals surface area contributed by atoms with Crippen molar-refractivity contribution in [1.82, 2.24) is 10.3 Å². The molecule has 3 aromatic rings. The van der Waals surface area contributed by atoms with Gasteiger partial charge >= 0.3 is 5.97 Å². The van der Waals surface area contributed by atoms with Crippen molar-refractivity contribution in [3.05, 3.63) is 53.6 Å². The number of aliphatic carboxylic acids is 1. The quantitative estimate of drug-likeness (QED) is 0.622. The van der Waals surface area contributed by atoms with Gasteiger partial charge in [0.1, 0.15) is 0 Å². The summed E-state index contributed by atoms with van der Waals surface area (Å²) in [6, 6.07) is 14.1. The van der Waals surface area contributed by atoms with E-state index in [0.717, 1.165) is 53.2 Å². The molecular formula is C24H26N4O3S. The molecule has 2 aromatic carbocycles. The molecule has 2 heterocycles. The van der Waals surface area contributed by atoms with Crippen LogP contribution in [0.5, 0.6) is 0 Å². The summed E-state index contributed by atoms with van der Waals surface area (Å²) in [7, 11) is 1.71. The summed E-state index contributed by atoms with van der Waals surface area (Å²) >= 11 is 1.48. The van der Waals surface area contributed by atoms with Gasteiger partial charge in [-0.3, -0.25) is 14.5 Å². The third-order valence-electron chi connectivity index (χ3n) is 6.55. The van der Waals surface area contributed by atoms with Crippen molar-refractivity contribution in [3.63, 3.8) is 0 Å². The minimum absolute atomic E-state index is 0.183. The van der Waals surface area contributed by atoms with E-state index in [9.17, 15) is 14.7 Å². The Morgan fingerprint density at radius 1 is 1.16 bits per heavy atom. The van der Waals surface area contributed by atoms with Crippen LogP contribution in [-0.2, 0) is 22.4 Å². The number of rotatable bonds is 5. The minimum atomic E-state index is -0.978. The van der Waals surface area contributed by atoms with Crippen LogP contribution in [0, 0.1) is 5.41 Å². The predicted molar refractivity (Wildman–Crippen MR) is 127 cm³/mol. The van der Waals surface area contributed by atoms with E-state index in [1.165, 1.54) is 11.3 Å². The van der Waals surface area contributed by atoms with Crippen molar-refractivity contribution in [2.75, 3.05) is 43.0 Å². The molecule has 0 unspecified atom stereocenters. The summed E-state index contributed by atoms with van der Waals surface area (Å²) in [5.41, 5.74) is 3.15. The highest BCUT2D eigenvalue weighted by molar-refractivity contribution is 7.22. The van der Waals surface area contributed by atoms with E-state index in [2.05, 4.69) is 22.3 Å². The molecule has 166 valence electrons. The first kappa shape index (κ1) is 20.9. The average molecular weight is 451 g/mol. The van der Waals surface area contributed by atoms with Crippen LogP contribution in [0.1, 0.15) is 17.5 Å². The number of nitrogens with zero attached hydrogens (tertiary/aromatic N) is 3. The van der Waals surface area contributed by atoms with Gasteiger partial charge in [-0.05, 0) is 42.2 Å². The molecule has 0 radical (unpaired) electrons. The summed E-state index contributed by atoms with van der Waals surface area (Å²) in [6.45, 7) is 3.87. The zero-order valence-electron chi connectivity index (χ0n) is 18.0. The van der Waals surface area contributed by atoms with Crippen molar-refractivity contribution in [1.29, 1.82) is 0 Å². The third kappa shape index (κ3) is 3.73. The number of carboxylic acid groups (broad SMARTS) is 1. The first-order valence-electron chi connectivity index (χ1n) is 10.9. The Morgan fingerprint density at radius 3 is 2.50 bits per heavy atom. The second-order valence-corrected chi connectivity index (χ2v) is 9.73. The van der Waals surface area contributed by atoms with Crippen molar-refractivity contribution >= 4 is 44.2 Å². The first-order chi connectivity index (χ1) is 15.4. The number of carbonyl (C=O) groups is 2. The van der Waals surface area contributed by atoms with Crippen molar-refractivity contribution in [3.8, 4) is 0 Å². The number of piperazine rings is 1. The van der Waals surface area contributed by atoms with Gasteiger partial charge in [0.25, 0.3) is 0 Å². The van der Waals surface area contributed by atoms with Gasteiger partial charge in [-0.25, -0.2) is 4.98 Å². The van der Waals surface area contributed by atoms with Gasteiger partial charge in [0.2, 0.25) is 5.91 Å². The summed E-state index contributed by atoms with van der Waals surface area (Å²) in [5.74, 6) is -1.14. The molecule has 2 aliphatic rings. The lowest BCUT2D eigenvalue weighted by molar-refractivity contribution is -0.144. The molecule has 8 heteroatoms. The summed E-state index contributed by atoms with van der Waals surface area (Å²) in [4.78, 5) is 34.0. The van der Waals surface area contributed by atoms with E-state index in [4.69, 9.17) is 4.98 Å². The number of benzene rings is 2. The summed E-state index contributed by atoms with van der Waals surface area (Å²) < 4.78 is 1.03. The van der Waals surface area contributed by atoms with Crippen LogP contribution in [0.3, 0.4) is 0 Å². The highest BCUT2D eigenvalue weighted by atomic mass is 32.1. The molecule has 7 nitrogen and oxygen atoms in total. The molecule has 0 bridgehead atoms. The Morgan fingerprint density at radius 2 is 1.84 bits per heavy atom. The molecule has 1 saturated heterocycles. The van der Waals surface area contributed by atoms with Crippen LogP contribution in [0.25, 0.3) is 10.2 Å². The molecule has 5 rings (SSSR count). The smallest absolute Gasteiger partial charge is 0.304 e. The maximum absolute atomic E-state index is 13.7. The van der Waals surface area contributed by atoms with E-state index >= 15 is 0 Å². The molecular weight excluding hydrogens is 424 g/mol. The Bertz CT molecular complexity index is 1160. The number of nitrogens with one attached hydrogen (secondary N) is 1. The monoisotopic (exact) mass is 450 g/mol. The molecule has 1 fully saturated rings. The normalized spacial score (nSPS) is 17.3. The van der Waals surface area contributed by atoms with Crippen molar-refractivity contribution in [2.45, 2.75) is 19.3 Å². The largest absolute Gasteiger partial charge is 0.481 e. The van der Waals surface area contributed by atoms with Crippen LogP contribution in [0.15, 0.2) is 42.5 Å². The summed E-state index contributed by atoms with van der Waals surface area (Å²) in [6.07, 6.45) is 0.691. The maximum atomic E-state index is 13.7. The third-order valence-corrected chi connectivity index (χ3v) is 7.65. The maximum Gasteiger partial charge on any atom is 0.304 e. The van der Waals surface area contributed by atoms with Gasteiger partial charge in [-0.2, -0.15) is 0 Å². The Labute approximate surface area is 190 Å². The fraction of sp³-hybridized carbons (Fsp3) is 0.375. The van der Waals surface area contributed by atoms with Gasteiger partial charge in [0, 0.05) is 38.9 Å². The molecule has 1 aliphatic carbocycles. The van der Waals surface area contributed by atoms with Gasteiger partial charge < -0.3 is 15.3 Å². The Kier molecular flexibility index (Phi) is 5.35. The Hall–Kier alpha value is -2.97. The molecule has 0 saturated carbocycles. The summed E-state index contributed by atoms with van der Waals surface area (Å²) in [5, 5.41) is 13.6. The predicted octanol–water partition coefficient (Wildman–Crippen LogP) is 2.93. The number of thiazole rings is 1. The van der Waals surface area contributed by atoms with Gasteiger partial charge in [-0.15, -0.1) is 0 Å². The van der Waals surface area contributed by atoms with Crippen molar-refractivity contribution in [2.24, 2.45) is 5.41 Å². The number of hydrogen-bond acceptors (Lipinski definition) is 6. The minimum Gasteiger partial charge on any atom is -0.481 e. The Balaban J connectivity index is 1.43. The number of carboxylic acids is 1. The van der Waals surface area contributed by atoms with Crippen LogP contribution >= 0.6 is 11.3 Å². The van der Waals surface area contributed by atoms with Gasteiger partial charge in [0.15, 0.2) is 5.13 Å². The second kappa shape index (κ2) is 8.18. The SMILES string of the molecule is CN(C(=O)C1(CC(=O)O)Cc2ccccc2C1)c1nc2ccc(N3CCNCC3)cc2s1. The lowest BCUT2D eigenvalue weighted by Gasteiger charge is -2.30. The topological polar surface area (TPSA) is 85.8 Å². The number of fused-ring (bicyclic) bond motifs is 2. The van der Waals surface area contributed by atoms with E-state index < -0.39 is 11.4 Å². The average Bonchev–Trinajstić information content (AvgIpc) is 3.39. The molecule has 0 atom stereocenters. The van der Waals surface area contributed by atoms with Gasteiger partial charge in [-0.1, -0.05) is 35.6 Å². The van der Waals surface area contributed by atoms with E-state index in [1.807, 2.05) is 30.3 Å². The van der Waals surface area contributed by atoms with E-state index in [-0.39, 0.29) is 12.3 Å². The van der Waals surface area contributed by atoms with Crippen LogP contribution in [0.4, 0.5) is 10.8 Å². The number of hydrogen-bond donors (Lipinski definition) is 2. The van der Waals surface area contributed by atoms with E-state index in [1.54, 1.807) is 11.9 Å².